The third kappa shape index (κ3) is 2.59. The van der Waals surface area contributed by atoms with Gasteiger partial charge in [0.05, 0.1) is 5.02 Å². The largest absolute Gasteiger partial charge is 0.417 e. The van der Waals surface area contributed by atoms with Gasteiger partial charge < -0.3 is 9.73 Å². The van der Waals surface area contributed by atoms with Crippen LogP contribution in [0.4, 0.5) is 10.1 Å². The SMILES string of the molecule is Cc1nnc(C(=O)Nc2ccc(F)c(Cl)c2)o1. The topological polar surface area (TPSA) is 68.0 Å². The molecule has 2 rings (SSSR count). The normalized spacial score (nSPS) is 10.3. The molecule has 0 aliphatic carbocycles. The standard InChI is InChI=1S/C10H7ClFN3O2/c1-5-14-15-10(17-5)9(16)13-6-2-3-8(12)7(11)4-6/h2-4H,1H3,(H,13,16). The molecule has 88 valence electrons. The first-order valence-electron chi connectivity index (χ1n) is 4.63. The molecule has 0 unspecified atom stereocenters. The molecular weight excluding hydrogens is 249 g/mol. The van der Waals surface area contributed by atoms with Crippen molar-refractivity contribution in [3.05, 3.63) is 40.8 Å². The zero-order valence-corrected chi connectivity index (χ0v) is 9.45. The van der Waals surface area contributed by atoms with Gasteiger partial charge in [-0.1, -0.05) is 11.6 Å². The highest BCUT2D eigenvalue weighted by Gasteiger charge is 2.13. The third-order valence-electron chi connectivity index (χ3n) is 1.90. The van der Waals surface area contributed by atoms with Gasteiger partial charge in [0.25, 0.3) is 0 Å². The zero-order chi connectivity index (χ0) is 12.4. The molecule has 0 fully saturated rings. The summed E-state index contributed by atoms with van der Waals surface area (Å²) in [6.07, 6.45) is 0. The van der Waals surface area contributed by atoms with E-state index in [-0.39, 0.29) is 16.8 Å². The number of benzene rings is 1. The Balaban J connectivity index is 2.15. The van der Waals surface area contributed by atoms with Gasteiger partial charge in [-0.2, -0.15) is 0 Å². The average Bonchev–Trinajstić information content (AvgIpc) is 2.70. The number of hydrogen-bond acceptors (Lipinski definition) is 4. The average molecular weight is 256 g/mol. The van der Waals surface area contributed by atoms with E-state index in [1.807, 2.05) is 0 Å². The summed E-state index contributed by atoms with van der Waals surface area (Å²) in [6, 6.07) is 3.82. The van der Waals surface area contributed by atoms with Gasteiger partial charge in [0.15, 0.2) is 0 Å². The Kier molecular flexibility index (Phi) is 3.06. The van der Waals surface area contributed by atoms with Crippen molar-refractivity contribution in [2.45, 2.75) is 6.92 Å². The second-order valence-corrected chi connectivity index (χ2v) is 3.62. The van der Waals surface area contributed by atoms with Crippen LogP contribution in [0, 0.1) is 12.7 Å². The number of nitrogens with zero attached hydrogens (tertiary/aromatic N) is 2. The second kappa shape index (κ2) is 4.50. The molecule has 1 heterocycles. The number of rotatable bonds is 2. The quantitative estimate of drug-likeness (QED) is 0.895. The minimum Gasteiger partial charge on any atom is -0.417 e. The van der Waals surface area contributed by atoms with Crippen molar-refractivity contribution in [3.8, 4) is 0 Å². The molecule has 0 spiro atoms. The summed E-state index contributed by atoms with van der Waals surface area (Å²) in [5.74, 6) is -1.01. The number of anilines is 1. The molecule has 0 saturated heterocycles. The van der Waals surface area contributed by atoms with Gasteiger partial charge in [-0.3, -0.25) is 4.79 Å². The van der Waals surface area contributed by atoms with Crippen molar-refractivity contribution in [2.24, 2.45) is 0 Å². The number of nitrogens with one attached hydrogen (secondary N) is 1. The van der Waals surface area contributed by atoms with E-state index in [1.165, 1.54) is 12.1 Å². The molecule has 17 heavy (non-hydrogen) atoms. The van der Waals surface area contributed by atoms with Crippen LogP contribution in [0.3, 0.4) is 0 Å². The summed E-state index contributed by atoms with van der Waals surface area (Å²) < 4.78 is 17.8. The van der Waals surface area contributed by atoms with Crippen molar-refractivity contribution >= 4 is 23.2 Å². The maximum atomic E-state index is 12.9. The number of carbonyl (C=O) groups excluding carboxylic acids is 1. The fourth-order valence-electron chi connectivity index (χ4n) is 1.15. The molecule has 0 radical (unpaired) electrons. The highest BCUT2D eigenvalue weighted by Crippen LogP contribution is 2.19. The molecule has 0 bridgehead atoms. The second-order valence-electron chi connectivity index (χ2n) is 3.21. The van der Waals surface area contributed by atoms with Crippen molar-refractivity contribution in [3.63, 3.8) is 0 Å². The summed E-state index contributed by atoms with van der Waals surface area (Å²) >= 11 is 5.57. The Morgan fingerprint density at radius 2 is 2.24 bits per heavy atom. The number of aromatic nitrogens is 2. The predicted molar refractivity (Wildman–Crippen MR) is 58.4 cm³/mol. The highest BCUT2D eigenvalue weighted by atomic mass is 35.5. The van der Waals surface area contributed by atoms with E-state index in [2.05, 4.69) is 15.5 Å². The summed E-state index contributed by atoms with van der Waals surface area (Å²) in [4.78, 5) is 11.6. The van der Waals surface area contributed by atoms with Crippen molar-refractivity contribution < 1.29 is 13.6 Å². The van der Waals surface area contributed by atoms with Gasteiger partial charge in [-0.25, -0.2) is 4.39 Å². The van der Waals surface area contributed by atoms with Crippen LogP contribution >= 0.6 is 11.6 Å². The molecule has 1 N–H and O–H groups in total. The number of aryl methyl sites for hydroxylation is 1. The molecule has 0 saturated carbocycles. The van der Waals surface area contributed by atoms with Crippen LogP contribution in [0.2, 0.25) is 5.02 Å². The van der Waals surface area contributed by atoms with Crippen molar-refractivity contribution in [1.29, 1.82) is 0 Å². The van der Waals surface area contributed by atoms with E-state index in [9.17, 15) is 9.18 Å². The number of amides is 1. The molecule has 0 aliphatic heterocycles. The van der Waals surface area contributed by atoms with Crippen LogP contribution in [0.5, 0.6) is 0 Å². The van der Waals surface area contributed by atoms with Crippen LogP contribution < -0.4 is 5.32 Å². The van der Waals surface area contributed by atoms with Crippen LogP contribution in [0.1, 0.15) is 16.6 Å². The molecule has 5 nitrogen and oxygen atoms in total. The molecule has 1 aromatic carbocycles. The fraction of sp³-hybridized carbons (Fsp3) is 0.100. The van der Waals surface area contributed by atoms with Gasteiger partial charge in [0.1, 0.15) is 5.82 Å². The Morgan fingerprint density at radius 1 is 1.47 bits per heavy atom. The van der Waals surface area contributed by atoms with Gasteiger partial charge >= 0.3 is 11.8 Å². The third-order valence-corrected chi connectivity index (χ3v) is 2.19. The number of hydrogen-bond donors (Lipinski definition) is 1. The fourth-order valence-corrected chi connectivity index (χ4v) is 1.33. The van der Waals surface area contributed by atoms with E-state index in [0.717, 1.165) is 6.07 Å². The lowest BCUT2D eigenvalue weighted by molar-refractivity contribution is 0.0989. The van der Waals surface area contributed by atoms with Crippen molar-refractivity contribution in [2.75, 3.05) is 5.32 Å². The summed E-state index contributed by atoms with van der Waals surface area (Å²) in [5.41, 5.74) is 0.345. The van der Waals surface area contributed by atoms with E-state index in [0.29, 0.717) is 5.69 Å². The van der Waals surface area contributed by atoms with Gasteiger partial charge in [-0.15, -0.1) is 10.2 Å². The Labute approximate surface area is 101 Å². The first kappa shape index (κ1) is 11.5. The Bertz CT molecular complexity index is 570. The highest BCUT2D eigenvalue weighted by molar-refractivity contribution is 6.31. The first-order valence-corrected chi connectivity index (χ1v) is 5.00. The van der Waals surface area contributed by atoms with Crippen LogP contribution in [0.25, 0.3) is 0 Å². The van der Waals surface area contributed by atoms with E-state index in [1.54, 1.807) is 6.92 Å². The van der Waals surface area contributed by atoms with Crippen LogP contribution in [-0.2, 0) is 0 Å². The van der Waals surface area contributed by atoms with Crippen LogP contribution in [-0.4, -0.2) is 16.1 Å². The molecule has 1 amide bonds. The summed E-state index contributed by atoms with van der Waals surface area (Å²) in [6.45, 7) is 1.57. The lowest BCUT2D eigenvalue weighted by Gasteiger charge is -2.02. The molecule has 2 aromatic rings. The molecule has 7 heteroatoms. The maximum Gasteiger partial charge on any atom is 0.313 e. The summed E-state index contributed by atoms with van der Waals surface area (Å²) in [7, 11) is 0. The number of halogens is 2. The van der Waals surface area contributed by atoms with Gasteiger partial charge in [-0.05, 0) is 18.2 Å². The molecule has 1 aromatic heterocycles. The summed E-state index contributed by atoms with van der Waals surface area (Å²) in [5, 5.41) is 9.44. The smallest absolute Gasteiger partial charge is 0.313 e. The minimum atomic E-state index is -0.576. The van der Waals surface area contributed by atoms with E-state index >= 15 is 0 Å². The van der Waals surface area contributed by atoms with Gasteiger partial charge in [0.2, 0.25) is 5.89 Å². The number of carbonyl (C=O) groups is 1. The van der Waals surface area contributed by atoms with E-state index in [4.69, 9.17) is 16.0 Å². The molecule has 0 aliphatic rings. The zero-order valence-electron chi connectivity index (χ0n) is 8.70. The van der Waals surface area contributed by atoms with Crippen molar-refractivity contribution in [1.82, 2.24) is 10.2 Å². The lowest BCUT2D eigenvalue weighted by atomic mass is 10.3. The minimum absolute atomic E-state index is 0.0792. The monoisotopic (exact) mass is 255 g/mol. The lowest BCUT2D eigenvalue weighted by Crippen LogP contribution is -2.12. The predicted octanol–water partition coefficient (Wildman–Crippen LogP) is 2.42. The Hall–Kier alpha value is -1.95. The Morgan fingerprint density at radius 3 is 2.82 bits per heavy atom. The maximum absolute atomic E-state index is 12.9. The van der Waals surface area contributed by atoms with Crippen LogP contribution in [0.15, 0.2) is 22.6 Å². The van der Waals surface area contributed by atoms with E-state index < -0.39 is 11.7 Å². The van der Waals surface area contributed by atoms with Gasteiger partial charge in [0, 0.05) is 12.6 Å². The molecular formula is C10H7ClFN3O2. The first-order chi connectivity index (χ1) is 8.06. The molecule has 0 atom stereocenters.